The van der Waals surface area contributed by atoms with Crippen LogP contribution in [-0.4, -0.2) is 11.7 Å². The van der Waals surface area contributed by atoms with Crippen LogP contribution in [0.4, 0.5) is 0 Å². The van der Waals surface area contributed by atoms with Gasteiger partial charge in [-0.1, -0.05) is 13.0 Å². The van der Waals surface area contributed by atoms with Crippen LogP contribution in [-0.2, 0) is 0 Å². The summed E-state index contributed by atoms with van der Waals surface area (Å²) >= 11 is 0. The maximum Gasteiger partial charge on any atom is 0.0641 e. The van der Waals surface area contributed by atoms with Gasteiger partial charge in [0.2, 0.25) is 0 Å². The first kappa shape index (κ1) is 6.70. The van der Waals surface area contributed by atoms with Crippen LogP contribution in [0.1, 0.15) is 13.3 Å². The maximum absolute atomic E-state index is 8.42. The van der Waals surface area contributed by atoms with Crippen LogP contribution >= 0.6 is 0 Å². The molecule has 0 atom stereocenters. The minimum Gasteiger partial charge on any atom is -0.392 e. The van der Waals surface area contributed by atoms with E-state index in [1.807, 2.05) is 6.92 Å². The fourth-order valence-electron chi connectivity index (χ4n) is 0.321. The van der Waals surface area contributed by atoms with Gasteiger partial charge in [0.25, 0.3) is 0 Å². The lowest BCUT2D eigenvalue weighted by molar-refractivity contribution is 0.327. The molecule has 0 spiro atoms. The Hall–Kier alpha value is -0.300. The Labute approximate surface area is 44.7 Å². The van der Waals surface area contributed by atoms with Crippen LogP contribution in [0.5, 0.6) is 0 Å². The van der Waals surface area contributed by atoms with Gasteiger partial charge in [-0.05, 0) is 18.9 Å². The molecule has 0 bridgehead atoms. The van der Waals surface area contributed by atoms with Gasteiger partial charge in [-0.2, -0.15) is 0 Å². The van der Waals surface area contributed by atoms with Gasteiger partial charge in [-0.3, -0.25) is 0 Å². The second-order valence-electron chi connectivity index (χ2n) is 1.37. The first-order valence-corrected chi connectivity index (χ1v) is 2.43. The number of aliphatic hydroxyl groups is 1. The monoisotopic (exact) mass is 99.1 g/mol. The number of hydrogen-bond acceptors (Lipinski definition) is 1. The topological polar surface area (TPSA) is 20.2 Å². The lowest BCUT2D eigenvalue weighted by Gasteiger charge is -1.92. The zero-order chi connectivity index (χ0) is 5.70. The highest BCUT2D eigenvalue weighted by Gasteiger charge is 1.83. The highest BCUT2D eigenvalue weighted by molar-refractivity contribution is 5.02. The third-order valence-electron chi connectivity index (χ3n) is 0.946. The number of aliphatic hydroxyl groups excluding tert-OH is 1. The molecule has 0 aromatic heterocycles. The molecule has 0 aromatic carbocycles. The summed E-state index contributed by atoms with van der Waals surface area (Å²) in [5, 5.41) is 8.42. The molecule has 0 fully saturated rings. The molecule has 0 heterocycles. The molecule has 0 aromatic rings. The molecule has 0 rings (SSSR count). The normalized spacial score (nSPS) is 12.1. The van der Waals surface area contributed by atoms with Gasteiger partial charge in [0.05, 0.1) is 6.61 Å². The van der Waals surface area contributed by atoms with Gasteiger partial charge >= 0.3 is 0 Å². The lowest BCUT2D eigenvalue weighted by Crippen LogP contribution is -1.85. The highest BCUT2D eigenvalue weighted by Crippen LogP contribution is 1.95. The van der Waals surface area contributed by atoms with Crippen molar-refractivity contribution in [2.75, 3.05) is 6.61 Å². The largest absolute Gasteiger partial charge is 0.392 e. The van der Waals surface area contributed by atoms with Crippen molar-refractivity contribution in [3.8, 4) is 0 Å². The predicted octanol–water partition coefficient (Wildman–Crippen LogP) is 1.15. The Kier molecular flexibility index (Phi) is 3.71. The number of hydrogen-bond donors (Lipinski definition) is 1. The van der Waals surface area contributed by atoms with Crippen molar-refractivity contribution >= 4 is 0 Å². The van der Waals surface area contributed by atoms with Crippen LogP contribution in [0.3, 0.4) is 0 Å². The third-order valence-corrected chi connectivity index (χ3v) is 0.946. The Morgan fingerprint density at radius 1 is 1.86 bits per heavy atom. The first-order chi connectivity index (χ1) is 3.35. The van der Waals surface area contributed by atoms with Crippen LogP contribution in [0.15, 0.2) is 11.6 Å². The maximum atomic E-state index is 8.42. The van der Waals surface area contributed by atoms with Crippen molar-refractivity contribution < 1.29 is 5.11 Å². The summed E-state index contributed by atoms with van der Waals surface area (Å²) in [5.74, 6) is 0. The van der Waals surface area contributed by atoms with E-state index in [2.05, 4.69) is 6.92 Å². The van der Waals surface area contributed by atoms with Crippen molar-refractivity contribution in [1.82, 2.24) is 0 Å². The van der Waals surface area contributed by atoms with Crippen molar-refractivity contribution in [2.45, 2.75) is 13.3 Å². The molecule has 1 nitrogen and oxygen atoms in total. The van der Waals surface area contributed by atoms with E-state index >= 15 is 0 Å². The van der Waals surface area contributed by atoms with E-state index in [-0.39, 0.29) is 6.61 Å². The summed E-state index contributed by atoms with van der Waals surface area (Å²) in [6, 6.07) is 0. The second-order valence-corrected chi connectivity index (χ2v) is 1.37. The number of allylic oxidation sites excluding steroid dienone is 1. The lowest BCUT2D eigenvalue weighted by atomic mass is 10.2. The summed E-state index contributed by atoms with van der Waals surface area (Å²) in [6.45, 7) is 5.65. The van der Waals surface area contributed by atoms with E-state index in [1.54, 1.807) is 6.08 Å². The van der Waals surface area contributed by atoms with Gasteiger partial charge in [0.1, 0.15) is 0 Å². The molecule has 0 aliphatic rings. The molecule has 0 unspecified atom stereocenters. The molecule has 0 saturated carbocycles. The van der Waals surface area contributed by atoms with Crippen molar-refractivity contribution in [3.63, 3.8) is 0 Å². The molecular formula is C6H11O. The molecule has 1 heteroatoms. The summed E-state index contributed by atoms with van der Waals surface area (Å²) in [6.07, 6.45) is 2.60. The Morgan fingerprint density at radius 2 is 2.43 bits per heavy atom. The summed E-state index contributed by atoms with van der Waals surface area (Å²) in [7, 11) is 0. The van der Waals surface area contributed by atoms with Crippen LogP contribution in [0.25, 0.3) is 0 Å². The van der Waals surface area contributed by atoms with Crippen molar-refractivity contribution in [2.24, 2.45) is 0 Å². The second kappa shape index (κ2) is 3.88. The van der Waals surface area contributed by atoms with Crippen molar-refractivity contribution in [1.29, 1.82) is 0 Å². The Morgan fingerprint density at radius 3 is 2.43 bits per heavy atom. The van der Waals surface area contributed by atoms with E-state index in [1.165, 1.54) is 0 Å². The van der Waals surface area contributed by atoms with Gasteiger partial charge in [0.15, 0.2) is 0 Å². The molecule has 0 aliphatic carbocycles. The van der Waals surface area contributed by atoms with Gasteiger partial charge in [-0.25, -0.2) is 0 Å². The predicted molar refractivity (Wildman–Crippen MR) is 30.8 cm³/mol. The standard InChI is InChI=1S/C6H11O/c1-3-6(4-2)5-7/h3,7H,1,4-5H2,2H3/b6-3+. The molecule has 0 saturated heterocycles. The Balaban J connectivity index is 3.38. The van der Waals surface area contributed by atoms with E-state index in [0.717, 1.165) is 12.0 Å². The van der Waals surface area contributed by atoms with Gasteiger partial charge in [-0.15, -0.1) is 0 Å². The van der Waals surface area contributed by atoms with Crippen LogP contribution in [0, 0.1) is 6.92 Å². The number of rotatable bonds is 2. The third kappa shape index (κ3) is 2.40. The van der Waals surface area contributed by atoms with Crippen molar-refractivity contribution in [3.05, 3.63) is 18.6 Å². The molecular weight excluding hydrogens is 88.1 g/mol. The highest BCUT2D eigenvalue weighted by atomic mass is 16.3. The molecule has 41 valence electrons. The fraction of sp³-hybridized carbons (Fsp3) is 0.500. The van der Waals surface area contributed by atoms with Crippen LogP contribution < -0.4 is 0 Å². The van der Waals surface area contributed by atoms with E-state index in [0.29, 0.717) is 0 Å². The molecule has 1 N–H and O–H groups in total. The zero-order valence-corrected chi connectivity index (χ0v) is 4.65. The molecule has 1 radical (unpaired) electrons. The van der Waals surface area contributed by atoms with Crippen LogP contribution in [0.2, 0.25) is 0 Å². The zero-order valence-electron chi connectivity index (χ0n) is 4.65. The minimum absolute atomic E-state index is 0.153. The van der Waals surface area contributed by atoms with E-state index < -0.39 is 0 Å². The summed E-state index contributed by atoms with van der Waals surface area (Å²) in [4.78, 5) is 0. The first-order valence-electron chi connectivity index (χ1n) is 2.43. The molecule has 7 heavy (non-hydrogen) atoms. The summed E-state index contributed by atoms with van der Waals surface area (Å²) in [5.41, 5.74) is 1.00. The van der Waals surface area contributed by atoms with Gasteiger partial charge in [0, 0.05) is 0 Å². The average molecular weight is 99.2 g/mol. The summed E-state index contributed by atoms with van der Waals surface area (Å²) < 4.78 is 0. The average Bonchev–Trinajstić information content (AvgIpc) is 1.72. The molecule has 0 aliphatic heterocycles. The Bertz CT molecular complexity index is 58.6. The smallest absolute Gasteiger partial charge is 0.0641 e. The molecule has 0 amide bonds. The minimum atomic E-state index is 0.153. The fourth-order valence-corrected chi connectivity index (χ4v) is 0.321. The quantitative estimate of drug-likeness (QED) is 0.550. The van der Waals surface area contributed by atoms with E-state index in [4.69, 9.17) is 5.11 Å². The van der Waals surface area contributed by atoms with E-state index in [9.17, 15) is 0 Å². The van der Waals surface area contributed by atoms with Gasteiger partial charge < -0.3 is 5.11 Å². The SMILES string of the molecule is [CH2]/C=C(\CC)CO.